The van der Waals surface area contributed by atoms with E-state index >= 15 is 0 Å². The average molecular weight is 995 g/mol. The van der Waals surface area contributed by atoms with E-state index in [0.717, 1.165) is 116 Å². The third-order valence-electron chi connectivity index (χ3n) is 11.6. The van der Waals surface area contributed by atoms with Gasteiger partial charge in [-0.3, -0.25) is 14.4 Å². The Hall–Kier alpha value is -4.36. The number of aliphatic hydroxyl groups is 2. The van der Waals surface area contributed by atoms with Crippen LogP contribution in [0.2, 0.25) is 0 Å². The van der Waals surface area contributed by atoms with E-state index in [1.807, 2.05) is 18.2 Å². The van der Waals surface area contributed by atoms with Crippen LogP contribution in [-0.2, 0) is 42.9 Å². The largest absolute Gasteiger partial charge is 0.479 e. The molecule has 6 atom stereocenters. The summed E-state index contributed by atoms with van der Waals surface area (Å²) in [5.74, 6) is -3.28. The Morgan fingerprint density at radius 1 is 0.479 bits per heavy atom. The Kier molecular flexibility index (Phi) is 42.5. The van der Waals surface area contributed by atoms with E-state index in [2.05, 4.69) is 99.8 Å². The van der Waals surface area contributed by atoms with Crippen LogP contribution in [0.1, 0.15) is 201 Å². The van der Waals surface area contributed by atoms with Gasteiger partial charge < -0.3 is 39.0 Å². The second-order valence-corrected chi connectivity index (χ2v) is 18.1. The molecule has 0 aromatic carbocycles. The van der Waals surface area contributed by atoms with Crippen molar-refractivity contribution in [1.82, 2.24) is 0 Å². The number of ether oxygens (including phenoxy) is 5. The van der Waals surface area contributed by atoms with Crippen molar-refractivity contribution in [3.63, 3.8) is 0 Å². The molecule has 1 aliphatic heterocycles. The molecule has 12 nitrogen and oxygen atoms in total. The minimum absolute atomic E-state index is 0.0679. The van der Waals surface area contributed by atoms with Crippen molar-refractivity contribution in [2.45, 2.75) is 237 Å². The molecule has 0 saturated carbocycles. The first-order valence-corrected chi connectivity index (χ1v) is 27.2. The van der Waals surface area contributed by atoms with Crippen LogP contribution in [-0.4, -0.2) is 89.2 Å². The highest BCUT2D eigenvalue weighted by Crippen LogP contribution is 2.26. The summed E-state index contributed by atoms with van der Waals surface area (Å²) in [6.45, 7) is 5.70. The molecule has 0 radical (unpaired) electrons. The highest BCUT2D eigenvalue weighted by atomic mass is 16.7. The van der Waals surface area contributed by atoms with E-state index in [9.17, 15) is 34.5 Å². The van der Waals surface area contributed by atoms with Crippen LogP contribution < -0.4 is 0 Å². The molecule has 0 amide bonds. The first kappa shape index (κ1) is 64.7. The Labute approximate surface area is 428 Å². The van der Waals surface area contributed by atoms with Gasteiger partial charge in [-0.2, -0.15) is 0 Å². The van der Waals surface area contributed by atoms with E-state index in [1.165, 1.54) is 19.3 Å². The minimum Gasteiger partial charge on any atom is -0.479 e. The van der Waals surface area contributed by atoms with Crippen LogP contribution in [0.3, 0.4) is 0 Å². The molecular weight excluding hydrogens is 901 g/mol. The van der Waals surface area contributed by atoms with Crippen molar-refractivity contribution in [2.75, 3.05) is 13.2 Å². The fourth-order valence-corrected chi connectivity index (χ4v) is 7.45. The molecule has 71 heavy (non-hydrogen) atoms. The van der Waals surface area contributed by atoms with Gasteiger partial charge in [-0.05, 0) is 103 Å². The molecule has 0 aliphatic carbocycles. The smallest absolute Gasteiger partial charge is 0.335 e. The van der Waals surface area contributed by atoms with E-state index in [0.29, 0.717) is 25.7 Å². The summed E-state index contributed by atoms with van der Waals surface area (Å²) < 4.78 is 28.2. The highest BCUT2D eigenvalue weighted by molar-refractivity contribution is 5.74. The number of allylic oxidation sites excluding steroid dienone is 16. The third-order valence-corrected chi connectivity index (χ3v) is 11.6. The lowest BCUT2D eigenvalue weighted by Gasteiger charge is -2.40. The molecule has 1 heterocycles. The number of aliphatic hydroxyl groups excluding tert-OH is 2. The average Bonchev–Trinajstić information content (AvgIpc) is 3.35. The summed E-state index contributed by atoms with van der Waals surface area (Å²) in [6.07, 6.45) is 48.3. The Bertz CT molecular complexity index is 1610. The molecule has 0 aromatic rings. The van der Waals surface area contributed by atoms with Crippen molar-refractivity contribution in [1.29, 1.82) is 0 Å². The van der Waals surface area contributed by atoms with Crippen molar-refractivity contribution in [3.05, 3.63) is 97.2 Å². The molecule has 1 saturated heterocycles. The monoisotopic (exact) mass is 995 g/mol. The van der Waals surface area contributed by atoms with Crippen molar-refractivity contribution < 1.29 is 58.2 Å². The topological polar surface area (TPSA) is 175 Å². The van der Waals surface area contributed by atoms with Gasteiger partial charge in [-0.15, -0.1) is 0 Å². The number of carbonyl (C=O) groups excluding carboxylic acids is 3. The fourth-order valence-electron chi connectivity index (χ4n) is 7.45. The number of rotatable bonds is 44. The zero-order chi connectivity index (χ0) is 51.8. The van der Waals surface area contributed by atoms with Crippen LogP contribution in [0, 0.1) is 0 Å². The fraction of sp³-hybridized carbons (Fsp3) is 0.661. The third kappa shape index (κ3) is 37.1. The lowest BCUT2D eigenvalue weighted by atomic mass is 9.98. The van der Waals surface area contributed by atoms with Crippen molar-refractivity contribution >= 4 is 23.9 Å². The molecule has 1 rings (SSSR count). The molecule has 6 unspecified atom stereocenters. The number of hydrogen-bond acceptors (Lipinski definition) is 11. The Morgan fingerprint density at radius 2 is 0.944 bits per heavy atom. The number of carboxylic acids is 1. The highest BCUT2D eigenvalue weighted by Gasteiger charge is 2.50. The SMILES string of the molecule is CC/C=C\C/C=C\C/C=C\C/C=C\CCC(=O)OC1C(OCC(COC(=O)CCCCCCC/C=C\C/C=C\CCCCC)OC(=O)CCCCCCC/C=C\C/C=C\CCC)OC(C(=O)O)C(O)C1O. The quantitative estimate of drug-likeness (QED) is 0.0228. The summed E-state index contributed by atoms with van der Waals surface area (Å²) in [7, 11) is 0. The Balaban J connectivity index is 2.78. The number of esters is 3. The van der Waals surface area contributed by atoms with Crippen molar-refractivity contribution in [3.8, 4) is 0 Å². The second kappa shape index (κ2) is 46.7. The summed E-state index contributed by atoms with van der Waals surface area (Å²) in [5, 5.41) is 31.3. The molecular formula is C59H94O12. The van der Waals surface area contributed by atoms with Gasteiger partial charge in [0.25, 0.3) is 0 Å². The summed E-state index contributed by atoms with van der Waals surface area (Å²) in [6, 6.07) is 0. The number of unbranched alkanes of at least 4 members (excludes halogenated alkanes) is 14. The van der Waals surface area contributed by atoms with Gasteiger partial charge in [0.2, 0.25) is 0 Å². The first-order chi connectivity index (χ1) is 34.6. The van der Waals surface area contributed by atoms with Crippen LogP contribution in [0.25, 0.3) is 0 Å². The van der Waals surface area contributed by atoms with Gasteiger partial charge >= 0.3 is 23.9 Å². The van der Waals surface area contributed by atoms with Crippen LogP contribution in [0.15, 0.2) is 97.2 Å². The van der Waals surface area contributed by atoms with Gasteiger partial charge in [0.05, 0.1) is 6.61 Å². The molecule has 3 N–H and O–H groups in total. The molecule has 402 valence electrons. The lowest BCUT2D eigenvalue weighted by molar-refractivity contribution is -0.301. The predicted molar refractivity (Wildman–Crippen MR) is 284 cm³/mol. The summed E-state index contributed by atoms with van der Waals surface area (Å²) >= 11 is 0. The molecule has 1 aliphatic rings. The minimum atomic E-state index is -1.93. The van der Waals surface area contributed by atoms with Gasteiger partial charge in [-0.25, -0.2) is 4.79 Å². The Morgan fingerprint density at radius 3 is 1.46 bits per heavy atom. The second-order valence-electron chi connectivity index (χ2n) is 18.1. The first-order valence-electron chi connectivity index (χ1n) is 27.2. The predicted octanol–water partition coefficient (Wildman–Crippen LogP) is 13.3. The lowest BCUT2D eigenvalue weighted by Crippen LogP contribution is -2.61. The zero-order valence-electron chi connectivity index (χ0n) is 43.9. The standard InChI is InChI=1S/C59H94O12/c1-4-7-10-13-16-19-22-25-26-29-30-33-36-39-42-45-51(60)67-48-50(69-52(61)46-43-40-37-34-31-27-23-20-17-14-11-8-5-2)49-68-59-57(55(64)54(63)56(71-59)58(65)66)70-53(62)47-44-41-38-35-32-28-24-21-18-15-12-9-6-3/h9,11-12,14,16,18-21,23,25-26,28,32,38,41,50,54-57,59,63-64H,4-8,10,13,15,17,22,24,27,29-31,33-37,39-40,42-49H2,1-3H3,(H,65,66)/b12-9-,14-11-,19-16-,21-18-,23-20-,26-25-,32-28-,41-38-. The van der Waals surface area contributed by atoms with Gasteiger partial charge in [0.15, 0.2) is 24.6 Å². The maximum Gasteiger partial charge on any atom is 0.335 e. The van der Waals surface area contributed by atoms with E-state index in [1.54, 1.807) is 0 Å². The van der Waals surface area contributed by atoms with Crippen molar-refractivity contribution in [2.24, 2.45) is 0 Å². The van der Waals surface area contributed by atoms with Gasteiger partial charge in [0, 0.05) is 19.3 Å². The number of aliphatic carboxylic acids is 1. The molecule has 12 heteroatoms. The summed E-state index contributed by atoms with van der Waals surface area (Å²) in [4.78, 5) is 50.9. The summed E-state index contributed by atoms with van der Waals surface area (Å²) in [5.41, 5.74) is 0. The van der Waals surface area contributed by atoms with Gasteiger partial charge in [0.1, 0.15) is 18.8 Å². The zero-order valence-corrected chi connectivity index (χ0v) is 43.9. The van der Waals surface area contributed by atoms with E-state index in [-0.39, 0.29) is 25.9 Å². The maximum atomic E-state index is 13.1. The van der Waals surface area contributed by atoms with Gasteiger partial charge in [-0.1, -0.05) is 176 Å². The molecule has 0 aromatic heterocycles. The van der Waals surface area contributed by atoms with Crippen LogP contribution in [0.5, 0.6) is 0 Å². The number of carboxylic acid groups (broad SMARTS) is 1. The van der Waals surface area contributed by atoms with Crippen LogP contribution >= 0.6 is 0 Å². The number of hydrogen-bond donors (Lipinski definition) is 3. The normalized spacial score (nSPS) is 19.3. The molecule has 0 bridgehead atoms. The maximum absolute atomic E-state index is 13.1. The van der Waals surface area contributed by atoms with E-state index < -0.39 is 67.3 Å². The molecule has 1 fully saturated rings. The van der Waals surface area contributed by atoms with Crippen LogP contribution in [0.4, 0.5) is 0 Å². The molecule has 0 spiro atoms. The van der Waals surface area contributed by atoms with E-state index in [4.69, 9.17) is 23.7 Å². The number of carbonyl (C=O) groups is 4.